The summed E-state index contributed by atoms with van der Waals surface area (Å²) in [6, 6.07) is 5.90. The number of amides is 3. The van der Waals surface area contributed by atoms with Crippen molar-refractivity contribution in [2.45, 2.75) is 12.5 Å². The molecular weight excluding hydrogens is 304 g/mol. The number of rotatable bonds is 6. The normalized spacial score (nSPS) is 11.5. The molecule has 1 atom stereocenters. The zero-order valence-corrected chi connectivity index (χ0v) is 12.7. The predicted molar refractivity (Wildman–Crippen MR) is 83.8 cm³/mol. The van der Waals surface area contributed by atoms with Gasteiger partial charge in [0.15, 0.2) is 0 Å². The van der Waals surface area contributed by atoms with Gasteiger partial charge < -0.3 is 21.1 Å². The summed E-state index contributed by atoms with van der Waals surface area (Å²) in [6.07, 6.45) is 1.58. The maximum absolute atomic E-state index is 12.1. The van der Waals surface area contributed by atoms with E-state index < -0.39 is 12.1 Å². The van der Waals surface area contributed by atoms with Crippen LogP contribution in [0.25, 0.3) is 0 Å². The first-order valence-electron chi connectivity index (χ1n) is 6.47. The standard InChI is InChI=1S/C14H16N4O3S/c1-21-13-5-4-9(8-16-13)17-12(19)7-10(18-14(15)20)11-3-2-6-22-11/h2-6,8,10H,7H2,1H3,(H,17,19)(H3,15,18,20). The fraction of sp³-hybridized carbons (Fsp3) is 0.214. The molecule has 22 heavy (non-hydrogen) atoms. The third-order valence-electron chi connectivity index (χ3n) is 2.82. The summed E-state index contributed by atoms with van der Waals surface area (Å²) >= 11 is 1.45. The van der Waals surface area contributed by atoms with Crippen molar-refractivity contribution in [1.29, 1.82) is 0 Å². The highest BCUT2D eigenvalue weighted by atomic mass is 32.1. The minimum Gasteiger partial charge on any atom is -0.481 e. The van der Waals surface area contributed by atoms with Crippen molar-refractivity contribution in [2.24, 2.45) is 5.73 Å². The maximum Gasteiger partial charge on any atom is 0.312 e. The lowest BCUT2D eigenvalue weighted by atomic mass is 10.1. The van der Waals surface area contributed by atoms with Crippen LogP contribution in [0.3, 0.4) is 0 Å². The number of nitrogens with one attached hydrogen (secondary N) is 2. The third kappa shape index (κ3) is 4.45. The molecule has 4 N–H and O–H groups in total. The van der Waals surface area contributed by atoms with E-state index in [1.165, 1.54) is 24.6 Å². The number of nitrogens with zero attached hydrogens (tertiary/aromatic N) is 1. The van der Waals surface area contributed by atoms with E-state index in [4.69, 9.17) is 10.5 Å². The summed E-state index contributed by atoms with van der Waals surface area (Å²) in [6.45, 7) is 0. The topological polar surface area (TPSA) is 106 Å². The van der Waals surface area contributed by atoms with Crippen LogP contribution in [0.5, 0.6) is 5.88 Å². The molecule has 0 bridgehead atoms. The lowest BCUT2D eigenvalue weighted by molar-refractivity contribution is -0.116. The molecule has 0 fully saturated rings. The van der Waals surface area contributed by atoms with E-state index >= 15 is 0 Å². The van der Waals surface area contributed by atoms with Crippen LogP contribution in [0.4, 0.5) is 10.5 Å². The molecule has 0 saturated heterocycles. The monoisotopic (exact) mass is 320 g/mol. The van der Waals surface area contributed by atoms with Crippen LogP contribution in [-0.2, 0) is 4.79 Å². The number of ether oxygens (including phenoxy) is 1. The number of nitrogens with two attached hydrogens (primary N) is 1. The number of hydrogen-bond acceptors (Lipinski definition) is 5. The quantitative estimate of drug-likeness (QED) is 0.755. The highest BCUT2D eigenvalue weighted by molar-refractivity contribution is 7.10. The Bertz CT molecular complexity index is 628. The molecule has 116 valence electrons. The molecule has 1 unspecified atom stereocenters. The number of urea groups is 1. The number of carbonyl (C=O) groups excluding carboxylic acids is 2. The Morgan fingerprint density at radius 1 is 1.41 bits per heavy atom. The summed E-state index contributed by atoms with van der Waals surface area (Å²) in [5, 5.41) is 7.16. The lowest BCUT2D eigenvalue weighted by Crippen LogP contribution is -2.34. The van der Waals surface area contributed by atoms with Crippen LogP contribution in [0.2, 0.25) is 0 Å². The Morgan fingerprint density at radius 2 is 2.23 bits per heavy atom. The van der Waals surface area contributed by atoms with Crippen LogP contribution in [-0.4, -0.2) is 24.0 Å². The van der Waals surface area contributed by atoms with Gasteiger partial charge in [0, 0.05) is 10.9 Å². The predicted octanol–water partition coefficient (Wildman–Crippen LogP) is 1.89. The Balaban J connectivity index is 1.99. The minimum atomic E-state index is -0.669. The first-order valence-corrected chi connectivity index (χ1v) is 7.35. The SMILES string of the molecule is COc1ccc(NC(=O)CC(NC(N)=O)c2cccs2)cn1. The lowest BCUT2D eigenvalue weighted by Gasteiger charge is -2.15. The van der Waals surface area contributed by atoms with Crippen LogP contribution in [0.1, 0.15) is 17.3 Å². The summed E-state index contributed by atoms with van der Waals surface area (Å²) in [5.41, 5.74) is 5.71. The number of carbonyl (C=O) groups is 2. The second kappa shape index (κ2) is 7.41. The van der Waals surface area contributed by atoms with Gasteiger partial charge in [0.25, 0.3) is 0 Å². The fourth-order valence-corrected chi connectivity index (χ4v) is 2.63. The first-order chi connectivity index (χ1) is 10.6. The van der Waals surface area contributed by atoms with Gasteiger partial charge in [0.2, 0.25) is 11.8 Å². The Labute approximate surface area is 131 Å². The summed E-state index contributed by atoms with van der Waals surface area (Å²) in [7, 11) is 1.52. The van der Waals surface area contributed by atoms with Gasteiger partial charge in [0.05, 0.1) is 31.5 Å². The van der Waals surface area contributed by atoms with Gasteiger partial charge in [-0.15, -0.1) is 11.3 Å². The van der Waals surface area contributed by atoms with Gasteiger partial charge in [-0.2, -0.15) is 0 Å². The van der Waals surface area contributed by atoms with E-state index in [2.05, 4.69) is 15.6 Å². The third-order valence-corrected chi connectivity index (χ3v) is 3.81. The maximum atomic E-state index is 12.1. The average molecular weight is 320 g/mol. The van der Waals surface area contributed by atoms with Crippen LogP contribution < -0.4 is 21.1 Å². The van der Waals surface area contributed by atoms with E-state index in [1.807, 2.05) is 17.5 Å². The Hall–Kier alpha value is -2.61. The second-order valence-electron chi connectivity index (χ2n) is 4.42. The van der Waals surface area contributed by atoms with Crippen molar-refractivity contribution in [2.75, 3.05) is 12.4 Å². The first kappa shape index (κ1) is 15.8. The van der Waals surface area contributed by atoms with Crippen molar-refractivity contribution in [3.63, 3.8) is 0 Å². The van der Waals surface area contributed by atoms with E-state index in [-0.39, 0.29) is 12.3 Å². The Morgan fingerprint density at radius 3 is 2.77 bits per heavy atom. The molecule has 3 amide bonds. The van der Waals surface area contributed by atoms with Crippen LogP contribution in [0, 0.1) is 0 Å². The summed E-state index contributed by atoms with van der Waals surface area (Å²) in [4.78, 5) is 28.0. The zero-order chi connectivity index (χ0) is 15.9. The Kier molecular flexibility index (Phi) is 5.31. The molecule has 0 aliphatic heterocycles. The van der Waals surface area contributed by atoms with Gasteiger partial charge in [-0.3, -0.25) is 4.79 Å². The summed E-state index contributed by atoms with van der Waals surface area (Å²) < 4.78 is 4.95. The molecule has 0 aliphatic rings. The number of primary amides is 1. The average Bonchev–Trinajstić information content (AvgIpc) is 3.01. The number of hydrogen-bond donors (Lipinski definition) is 3. The highest BCUT2D eigenvalue weighted by Gasteiger charge is 2.18. The van der Waals surface area contributed by atoms with E-state index in [0.717, 1.165) is 4.88 Å². The molecule has 2 aromatic heterocycles. The molecule has 2 aromatic rings. The van der Waals surface area contributed by atoms with Crippen molar-refractivity contribution in [1.82, 2.24) is 10.3 Å². The molecule has 0 radical (unpaired) electrons. The highest BCUT2D eigenvalue weighted by Crippen LogP contribution is 2.22. The van der Waals surface area contributed by atoms with Gasteiger partial charge >= 0.3 is 6.03 Å². The van der Waals surface area contributed by atoms with E-state index in [9.17, 15) is 9.59 Å². The largest absolute Gasteiger partial charge is 0.481 e. The molecule has 0 saturated carbocycles. The smallest absolute Gasteiger partial charge is 0.312 e. The summed E-state index contributed by atoms with van der Waals surface area (Å²) in [5.74, 6) is 0.212. The number of methoxy groups -OCH3 is 1. The molecule has 8 heteroatoms. The zero-order valence-electron chi connectivity index (χ0n) is 11.9. The van der Waals surface area contributed by atoms with Crippen molar-refractivity contribution in [3.8, 4) is 5.88 Å². The van der Waals surface area contributed by atoms with E-state index in [0.29, 0.717) is 11.6 Å². The number of pyridine rings is 1. The molecule has 2 heterocycles. The van der Waals surface area contributed by atoms with E-state index in [1.54, 1.807) is 12.1 Å². The molecule has 0 aromatic carbocycles. The minimum absolute atomic E-state index is 0.0789. The molecule has 2 rings (SSSR count). The van der Waals surface area contributed by atoms with Crippen LogP contribution in [0.15, 0.2) is 35.8 Å². The number of thiophene rings is 1. The second-order valence-corrected chi connectivity index (χ2v) is 5.40. The molecule has 7 nitrogen and oxygen atoms in total. The molecule has 0 spiro atoms. The van der Waals surface area contributed by atoms with Gasteiger partial charge in [-0.05, 0) is 17.5 Å². The molecular formula is C14H16N4O3S. The van der Waals surface area contributed by atoms with Crippen molar-refractivity contribution >= 4 is 29.0 Å². The van der Waals surface area contributed by atoms with Crippen molar-refractivity contribution in [3.05, 3.63) is 40.7 Å². The van der Waals surface area contributed by atoms with Gasteiger partial charge in [0.1, 0.15) is 0 Å². The van der Waals surface area contributed by atoms with Gasteiger partial charge in [-0.1, -0.05) is 6.07 Å². The fourth-order valence-electron chi connectivity index (χ4n) is 1.86. The van der Waals surface area contributed by atoms with Crippen LogP contribution >= 0.6 is 11.3 Å². The van der Waals surface area contributed by atoms with Gasteiger partial charge in [-0.25, -0.2) is 9.78 Å². The van der Waals surface area contributed by atoms with Crippen molar-refractivity contribution < 1.29 is 14.3 Å². The number of anilines is 1. The number of aromatic nitrogens is 1. The molecule has 0 aliphatic carbocycles.